The van der Waals surface area contributed by atoms with Gasteiger partial charge in [-0.2, -0.15) is 0 Å². The van der Waals surface area contributed by atoms with Gasteiger partial charge in [0.25, 0.3) is 0 Å². The standard InChI is InChI=1S/C18H21ClN2O3S/c1-12-5-6-13(2)17(11-12)20-18(22)14(3)21(25(4,23)24)16-9-7-15(19)8-10-16/h5-11,14H,1-4H3,(H,20,22)/t14-/m0/s1. The Hall–Kier alpha value is -2.05. The second kappa shape index (κ2) is 7.45. The number of anilines is 2. The van der Waals surface area contributed by atoms with Gasteiger partial charge in [0.2, 0.25) is 15.9 Å². The van der Waals surface area contributed by atoms with E-state index < -0.39 is 22.0 Å². The average Bonchev–Trinajstić information content (AvgIpc) is 2.51. The molecule has 1 amide bonds. The van der Waals surface area contributed by atoms with Crippen molar-refractivity contribution in [3.8, 4) is 0 Å². The second-order valence-corrected chi connectivity index (χ2v) is 8.31. The van der Waals surface area contributed by atoms with Gasteiger partial charge in [-0.25, -0.2) is 8.42 Å². The van der Waals surface area contributed by atoms with Gasteiger partial charge < -0.3 is 5.32 Å². The summed E-state index contributed by atoms with van der Waals surface area (Å²) in [7, 11) is -3.66. The molecule has 25 heavy (non-hydrogen) atoms. The quantitative estimate of drug-likeness (QED) is 0.858. The van der Waals surface area contributed by atoms with E-state index in [0.717, 1.165) is 21.7 Å². The minimum Gasteiger partial charge on any atom is -0.324 e. The van der Waals surface area contributed by atoms with E-state index >= 15 is 0 Å². The maximum Gasteiger partial charge on any atom is 0.248 e. The van der Waals surface area contributed by atoms with Crippen LogP contribution in [0.5, 0.6) is 0 Å². The highest BCUT2D eigenvalue weighted by atomic mass is 35.5. The molecule has 0 aliphatic carbocycles. The van der Waals surface area contributed by atoms with Gasteiger partial charge in [0.15, 0.2) is 0 Å². The molecule has 2 rings (SSSR count). The van der Waals surface area contributed by atoms with Crippen molar-refractivity contribution >= 4 is 38.9 Å². The van der Waals surface area contributed by atoms with Gasteiger partial charge in [0.05, 0.1) is 11.9 Å². The largest absolute Gasteiger partial charge is 0.324 e. The van der Waals surface area contributed by atoms with Crippen LogP contribution in [0.15, 0.2) is 42.5 Å². The molecule has 0 saturated carbocycles. The molecule has 1 N–H and O–H groups in total. The molecule has 2 aromatic rings. The number of carbonyl (C=O) groups is 1. The van der Waals surface area contributed by atoms with Gasteiger partial charge in [0, 0.05) is 10.7 Å². The fourth-order valence-electron chi connectivity index (χ4n) is 2.50. The summed E-state index contributed by atoms with van der Waals surface area (Å²) in [5.41, 5.74) is 2.96. The highest BCUT2D eigenvalue weighted by molar-refractivity contribution is 7.92. The summed E-state index contributed by atoms with van der Waals surface area (Å²) >= 11 is 5.87. The van der Waals surface area contributed by atoms with Crippen molar-refractivity contribution in [3.63, 3.8) is 0 Å². The number of sulfonamides is 1. The molecule has 0 unspecified atom stereocenters. The fourth-order valence-corrected chi connectivity index (χ4v) is 3.81. The fraction of sp³-hybridized carbons (Fsp3) is 0.278. The molecule has 0 aromatic heterocycles. The SMILES string of the molecule is Cc1ccc(C)c(NC(=O)[C@H](C)N(c2ccc(Cl)cc2)S(C)(=O)=O)c1. The molecular weight excluding hydrogens is 360 g/mol. The number of amides is 1. The Labute approximate surface area is 153 Å². The van der Waals surface area contributed by atoms with Gasteiger partial charge >= 0.3 is 0 Å². The molecule has 0 bridgehead atoms. The van der Waals surface area contributed by atoms with E-state index in [0.29, 0.717) is 16.4 Å². The van der Waals surface area contributed by atoms with Crippen LogP contribution in [0.3, 0.4) is 0 Å². The van der Waals surface area contributed by atoms with Crippen molar-refractivity contribution in [2.24, 2.45) is 0 Å². The smallest absolute Gasteiger partial charge is 0.248 e. The lowest BCUT2D eigenvalue weighted by molar-refractivity contribution is -0.116. The zero-order valence-corrected chi connectivity index (χ0v) is 16.1. The summed E-state index contributed by atoms with van der Waals surface area (Å²) in [5.74, 6) is -0.408. The van der Waals surface area contributed by atoms with Gasteiger partial charge in [-0.15, -0.1) is 0 Å². The molecule has 2 aromatic carbocycles. The number of halogens is 1. The van der Waals surface area contributed by atoms with Crippen molar-refractivity contribution in [1.82, 2.24) is 0 Å². The maximum atomic E-state index is 12.7. The van der Waals surface area contributed by atoms with Crippen LogP contribution < -0.4 is 9.62 Å². The number of carbonyl (C=O) groups excluding carboxylic acids is 1. The summed E-state index contributed by atoms with van der Waals surface area (Å²) in [4.78, 5) is 12.7. The van der Waals surface area contributed by atoms with Crippen molar-refractivity contribution < 1.29 is 13.2 Å². The van der Waals surface area contributed by atoms with Crippen molar-refractivity contribution in [3.05, 3.63) is 58.6 Å². The first kappa shape index (κ1) is 19.3. The maximum absolute atomic E-state index is 12.7. The molecule has 1 atom stereocenters. The number of nitrogens with one attached hydrogen (secondary N) is 1. The Kier molecular flexibility index (Phi) is 5.75. The lowest BCUT2D eigenvalue weighted by Crippen LogP contribution is -2.45. The first-order valence-electron chi connectivity index (χ1n) is 7.72. The van der Waals surface area contributed by atoms with E-state index in [1.807, 2.05) is 32.0 Å². The number of rotatable bonds is 5. The number of nitrogens with zero attached hydrogens (tertiary/aromatic N) is 1. The van der Waals surface area contributed by atoms with Crippen LogP contribution >= 0.6 is 11.6 Å². The van der Waals surface area contributed by atoms with Gasteiger partial charge in [-0.3, -0.25) is 9.10 Å². The van der Waals surface area contributed by atoms with E-state index in [4.69, 9.17) is 11.6 Å². The minimum absolute atomic E-state index is 0.385. The first-order valence-corrected chi connectivity index (χ1v) is 9.95. The molecule has 0 aliphatic heterocycles. The molecule has 0 radical (unpaired) electrons. The average molecular weight is 381 g/mol. The number of aryl methyl sites for hydroxylation is 2. The first-order chi connectivity index (χ1) is 11.6. The molecule has 0 saturated heterocycles. The third-order valence-electron chi connectivity index (χ3n) is 3.82. The summed E-state index contributed by atoms with van der Waals surface area (Å²) in [6.07, 6.45) is 1.07. The van der Waals surface area contributed by atoms with Crippen LogP contribution in [0.2, 0.25) is 5.02 Å². The Morgan fingerprint density at radius 1 is 1.12 bits per heavy atom. The zero-order chi connectivity index (χ0) is 18.8. The molecule has 0 spiro atoms. The number of hydrogen-bond donors (Lipinski definition) is 1. The van der Waals surface area contributed by atoms with Crippen LogP contribution in [0.4, 0.5) is 11.4 Å². The molecular formula is C18H21ClN2O3S. The van der Waals surface area contributed by atoms with E-state index in [1.54, 1.807) is 31.2 Å². The van der Waals surface area contributed by atoms with Crippen LogP contribution in [0.1, 0.15) is 18.1 Å². The highest BCUT2D eigenvalue weighted by Crippen LogP contribution is 2.24. The van der Waals surface area contributed by atoms with E-state index in [1.165, 1.54) is 0 Å². The summed E-state index contributed by atoms with van der Waals surface area (Å²) in [6.45, 7) is 5.36. The molecule has 7 heteroatoms. The lowest BCUT2D eigenvalue weighted by Gasteiger charge is -2.28. The van der Waals surface area contributed by atoms with Crippen LogP contribution in [-0.2, 0) is 14.8 Å². The third-order valence-corrected chi connectivity index (χ3v) is 5.31. The number of hydrogen-bond acceptors (Lipinski definition) is 3. The zero-order valence-electron chi connectivity index (χ0n) is 14.6. The highest BCUT2D eigenvalue weighted by Gasteiger charge is 2.29. The third kappa shape index (κ3) is 4.74. The molecule has 5 nitrogen and oxygen atoms in total. The predicted molar refractivity (Wildman–Crippen MR) is 103 cm³/mol. The van der Waals surface area contributed by atoms with E-state index in [2.05, 4.69) is 5.32 Å². The Balaban J connectivity index is 2.33. The van der Waals surface area contributed by atoms with Crippen LogP contribution in [0.25, 0.3) is 0 Å². The van der Waals surface area contributed by atoms with Crippen LogP contribution in [0, 0.1) is 13.8 Å². The summed E-state index contributed by atoms with van der Waals surface area (Å²) in [6, 6.07) is 11.1. The lowest BCUT2D eigenvalue weighted by atomic mass is 10.1. The monoisotopic (exact) mass is 380 g/mol. The summed E-state index contributed by atoms with van der Waals surface area (Å²) in [5, 5.41) is 3.30. The molecule has 134 valence electrons. The number of benzene rings is 2. The van der Waals surface area contributed by atoms with Crippen molar-refractivity contribution in [2.45, 2.75) is 26.8 Å². The Bertz CT molecular complexity index is 880. The van der Waals surface area contributed by atoms with Gasteiger partial charge in [-0.05, 0) is 62.2 Å². The van der Waals surface area contributed by atoms with Crippen LogP contribution in [-0.4, -0.2) is 26.6 Å². The molecule has 0 fully saturated rings. The molecule has 0 heterocycles. The Morgan fingerprint density at radius 3 is 2.28 bits per heavy atom. The predicted octanol–water partition coefficient (Wildman–Crippen LogP) is 3.75. The van der Waals surface area contributed by atoms with E-state index in [9.17, 15) is 13.2 Å². The van der Waals surface area contributed by atoms with E-state index in [-0.39, 0.29) is 0 Å². The normalized spacial score (nSPS) is 12.5. The van der Waals surface area contributed by atoms with Gasteiger partial charge in [-0.1, -0.05) is 23.7 Å². The second-order valence-electron chi connectivity index (χ2n) is 6.02. The van der Waals surface area contributed by atoms with Crippen molar-refractivity contribution in [1.29, 1.82) is 0 Å². The topological polar surface area (TPSA) is 66.5 Å². The minimum atomic E-state index is -3.66. The van der Waals surface area contributed by atoms with Crippen molar-refractivity contribution in [2.75, 3.05) is 15.9 Å². The Morgan fingerprint density at radius 2 is 1.72 bits per heavy atom. The summed E-state index contributed by atoms with van der Waals surface area (Å²) < 4.78 is 25.6. The molecule has 0 aliphatic rings. The van der Waals surface area contributed by atoms with Gasteiger partial charge in [0.1, 0.15) is 6.04 Å².